The van der Waals surface area contributed by atoms with Crippen LogP contribution in [-0.2, 0) is 9.53 Å². The average molecular weight is 209 g/mol. The quantitative estimate of drug-likeness (QED) is 0.565. The van der Waals surface area contributed by atoms with Crippen LogP contribution >= 0.6 is 0 Å². The third-order valence-corrected chi connectivity index (χ3v) is 1.72. The highest BCUT2D eigenvalue weighted by atomic mass is 16.5. The van der Waals surface area contributed by atoms with Gasteiger partial charge >= 0.3 is 5.97 Å². The van der Waals surface area contributed by atoms with E-state index in [1.165, 1.54) is 32.2 Å². The van der Waals surface area contributed by atoms with Crippen LogP contribution in [0.3, 0.4) is 0 Å². The number of hydrogen-bond acceptors (Lipinski definition) is 4. The van der Waals surface area contributed by atoms with Crippen LogP contribution in [0.4, 0.5) is 5.69 Å². The lowest BCUT2D eigenvalue weighted by atomic mass is 10.1. The lowest BCUT2D eigenvalue weighted by Crippen LogP contribution is -2.11. The van der Waals surface area contributed by atoms with Crippen LogP contribution in [0.1, 0.15) is 17.3 Å². The van der Waals surface area contributed by atoms with Crippen molar-refractivity contribution in [3.8, 4) is 5.75 Å². The van der Waals surface area contributed by atoms with Crippen molar-refractivity contribution >= 4 is 17.6 Å². The molecule has 0 radical (unpaired) electrons. The molecule has 0 aliphatic heterocycles. The molecule has 5 nitrogen and oxygen atoms in total. The van der Waals surface area contributed by atoms with Crippen molar-refractivity contribution in [3.05, 3.63) is 23.8 Å². The minimum absolute atomic E-state index is 0.0653. The first-order chi connectivity index (χ1) is 7.04. The summed E-state index contributed by atoms with van der Waals surface area (Å²) in [4.78, 5) is 22.1. The SMILES string of the molecule is COC(=O)c1cc(O)ccc1NC(C)=O. The van der Waals surface area contributed by atoms with Crippen molar-refractivity contribution in [2.45, 2.75) is 6.92 Å². The molecule has 80 valence electrons. The second kappa shape index (κ2) is 4.45. The zero-order chi connectivity index (χ0) is 11.4. The molecule has 1 rings (SSSR count). The summed E-state index contributed by atoms with van der Waals surface area (Å²) in [5.41, 5.74) is 0.430. The first-order valence-corrected chi connectivity index (χ1v) is 4.23. The third-order valence-electron chi connectivity index (χ3n) is 1.72. The van der Waals surface area contributed by atoms with Crippen molar-refractivity contribution in [1.82, 2.24) is 0 Å². The highest BCUT2D eigenvalue weighted by Crippen LogP contribution is 2.21. The lowest BCUT2D eigenvalue weighted by Gasteiger charge is -2.08. The largest absolute Gasteiger partial charge is 0.508 e. The summed E-state index contributed by atoms with van der Waals surface area (Å²) in [6, 6.07) is 4.04. The van der Waals surface area contributed by atoms with Gasteiger partial charge in [-0.05, 0) is 18.2 Å². The molecule has 0 heterocycles. The van der Waals surface area contributed by atoms with Crippen molar-refractivity contribution in [2.75, 3.05) is 12.4 Å². The number of esters is 1. The van der Waals surface area contributed by atoms with Gasteiger partial charge in [0.2, 0.25) is 5.91 Å². The molecule has 0 saturated carbocycles. The number of aromatic hydroxyl groups is 1. The Kier molecular flexibility index (Phi) is 3.28. The van der Waals surface area contributed by atoms with E-state index in [1.54, 1.807) is 0 Å². The Morgan fingerprint density at radius 2 is 2.07 bits per heavy atom. The summed E-state index contributed by atoms with van der Waals surface area (Å²) in [5.74, 6) is -0.981. The normalized spacial score (nSPS) is 9.47. The number of amides is 1. The number of nitrogens with one attached hydrogen (secondary N) is 1. The molecule has 0 atom stereocenters. The summed E-state index contributed by atoms with van der Waals surface area (Å²) in [5, 5.41) is 11.7. The number of hydrogen-bond donors (Lipinski definition) is 2. The number of phenolic OH excluding ortho intramolecular Hbond substituents is 1. The van der Waals surface area contributed by atoms with Gasteiger partial charge in [-0.1, -0.05) is 0 Å². The maximum Gasteiger partial charge on any atom is 0.340 e. The highest BCUT2D eigenvalue weighted by molar-refractivity contribution is 6.01. The number of ether oxygens (including phenoxy) is 1. The number of carbonyl (C=O) groups excluding carboxylic acids is 2. The van der Waals surface area contributed by atoms with Crippen LogP contribution in [0, 0.1) is 0 Å². The maximum atomic E-state index is 11.3. The predicted octanol–water partition coefficient (Wildman–Crippen LogP) is 1.14. The number of carbonyl (C=O) groups is 2. The van der Waals surface area contributed by atoms with E-state index in [0.717, 1.165) is 0 Å². The summed E-state index contributed by atoms with van der Waals surface area (Å²) >= 11 is 0. The minimum atomic E-state index is -0.616. The van der Waals surface area contributed by atoms with Gasteiger partial charge in [-0.25, -0.2) is 4.79 Å². The molecule has 2 N–H and O–H groups in total. The van der Waals surface area contributed by atoms with Crippen molar-refractivity contribution in [2.24, 2.45) is 0 Å². The lowest BCUT2D eigenvalue weighted by molar-refractivity contribution is -0.114. The maximum absolute atomic E-state index is 11.3. The van der Waals surface area contributed by atoms with Gasteiger partial charge in [0.05, 0.1) is 18.4 Å². The highest BCUT2D eigenvalue weighted by Gasteiger charge is 2.13. The molecule has 0 aliphatic rings. The number of benzene rings is 1. The van der Waals surface area contributed by atoms with Crippen LogP contribution in [0.2, 0.25) is 0 Å². The van der Waals surface area contributed by atoms with Gasteiger partial charge in [-0.2, -0.15) is 0 Å². The van der Waals surface area contributed by atoms with Gasteiger partial charge in [0.1, 0.15) is 5.75 Å². The summed E-state index contributed by atoms with van der Waals surface area (Å²) < 4.78 is 4.51. The molecule has 0 bridgehead atoms. The second-order valence-electron chi connectivity index (χ2n) is 2.90. The van der Waals surface area contributed by atoms with Crippen LogP contribution < -0.4 is 5.32 Å². The molecule has 0 unspecified atom stereocenters. The fourth-order valence-corrected chi connectivity index (χ4v) is 1.11. The Morgan fingerprint density at radius 3 is 2.60 bits per heavy atom. The van der Waals surface area contributed by atoms with Crippen molar-refractivity contribution in [3.63, 3.8) is 0 Å². The van der Waals surface area contributed by atoms with Gasteiger partial charge < -0.3 is 15.2 Å². The number of methoxy groups -OCH3 is 1. The molecule has 0 fully saturated rings. The minimum Gasteiger partial charge on any atom is -0.508 e. The Morgan fingerprint density at radius 1 is 1.40 bits per heavy atom. The molecule has 0 saturated heterocycles. The molecule has 1 aromatic rings. The van der Waals surface area contributed by atoms with Gasteiger partial charge in [0.15, 0.2) is 0 Å². The predicted molar refractivity (Wildman–Crippen MR) is 53.8 cm³/mol. The molecule has 0 aromatic heterocycles. The van der Waals surface area contributed by atoms with E-state index in [4.69, 9.17) is 0 Å². The molecular formula is C10H11NO4. The van der Waals surface area contributed by atoms with Crippen molar-refractivity contribution in [1.29, 1.82) is 0 Å². The van der Waals surface area contributed by atoms with Crippen LogP contribution in [0.25, 0.3) is 0 Å². The zero-order valence-electron chi connectivity index (χ0n) is 8.40. The molecular weight excluding hydrogens is 198 g/mol. The zero-order valence-corrected chi connectivity index (χ0v) is 8.40. The van der Waals surface area contributed by atoms with Gasteiger partial charge in [-0.3, -0.25) is 4.79 Å². The molecule has 1 aromatic carbocycles. The monoisotopic (exact) mass is 209 g/mol. The Labute approximate surface area is 86.7 Å². The van der Waals surface area contributed by atoms with E-state index in [0.29, 0.717) is 5.69 Å². The molecule has 1 amide bonds. The summed E-state index contributed by atoms with van der Waals surface area (Å²) in [6.07, 6.45) is 0. The molecule has 15 heavy (non-hydrogen) atoms. The van der Waals surface area contributed by atoms with Crippen LogP contribution in [0.15, 0.2) is 18.2 Å². The number of rotatable bonds is 2. The van der Waals surface area contributed by atoms with E-state index < -0.39 is 5.97 Å². The van der Waals surface area contributed by atoms with Crippen LogP contribution in [0.5, 0.6) is 5.75 Å². The van der Waals surface area contributed by atoms with E-state index >= 15 is 0 Å². The van der Waals surface area contributed by atoms with E-state index in [9.17, 15) is 14.7 Å². The van der Waals surface area contributed by atoms with Crippen molar-refractivity contribution < 1.29 is 19.4 Å². The fraction of sp³-hybridized carbons (Fsp3) is 0.200. The first kappa shape index (κ1) is 11.0. The van der Waals surface area contributed by atoms with E-state index in [-0.39, 0.29) is 17.2 Å². The van der Waals surface area contributed by atoms with E-state index in [1.807, 2.05) is 0 Å². The molecule has 0 aliphatic carbocycles. The summed E-state index contributed by atoms with van der Waals surface area (Å²) in [7, 11) is 1.23. The Bertz CT molecular complexity index is 400. The Hall–Kier alpha value is -2.04. The number of anilines is 1. The first-order valence-electron chi connectivity index (χ1n) is 4.23. The van der Waals surface area contributed by atoms with Gasteiger partial charge in [0, 0.05) is 6.92 Å². The Balaban J connectivity index is 3.14. The molecule has 5 heteroatoms. The third kappa shape index (κ3) is 2.70. The van der Waals surface area contributed by atoms with Gasteiger partial charge in [0.25, 0.3) is 0 Å². The van der Waals surface area contributed by atoms with Gasteiger partial charge in [-0.15, -0.1) is 0 Å². The topological polar surface area (TPSA) is 75.6 Å². The second-order valence-corrected chi connectivity index (χ2v) is 2.90. The summed E-state index contributed by atoms with van der Waals surface area (Å²) in [6.45, 7) is 1.33. The standard InChI is InChI=1S/C10H11NO4/c1-6(12)11-9-4-3-7(13)5-8(9)10(14)15-2/h3-5,13H,1-2H3,(H,11,12). The average Bonchev–Trinajstić information content (AvgIpc) is 2.19. The molecule has 0 spiro atoms. The van der Waals surface area contributed by atoms with Crippen LogP contribution in [-0.4, -0.2) is 24.1 Å². The number of phenols is 1. The van der Waals surface area contributed by atoms with E-state index in [2.05, 4.69) is 10.1 Å². The smallest absolute Gasteiger partial charge is 0.340 e. The fourth-order valence-electron chi connectivity index (χ4n) is 1.11.